The Labute approximate surface area is 151 Å². The highest BCUT2D eigenvalue weighted by molar-refractivity contribution is 6.35. The van der Waals surface area contributed by atoms with E-state index in [1.165, 1.54) is 25.7 Å². The van der Waals surface area contributed by atoms with E-state index in [2.05, 4.69) is 12.2 Å². The lowest BCUT2D eigenvalue weighted by molar-refractivity contribution is -0.148. The fourth-order valence-corrected chi connectivity index (χ4v) is 4.68. The van der Waals surface area contributed by atoms with Gasteiger partial charge in [0.05, 0.1) is 0 Å². The van der Waals surface area contributed by atoms with Gasteiger partial charge in [0, 0.05) is 18.6 Å². The first kappa shape index (κ1) is 18.0. The molecule has 4 heteroatoms. The number of rotatable bonds is 5. The first-order chi connectivity index (χ1) is 12.0. The van der Waals surface area contributed by atoms with Crippen LogP contribution < -0.4 is 5.32 Å². The minimum atomic E-state index is -0.458. The number of nitrogens with one attached hydrogen (secondary N) is 1. The number of nitrogens with zero attached hydrogens (tertiary/aromatic N) is 1. The quantitative estimate of drug-likeness (QED) is 0.834. The zero-order valence-corrected chi connectivity index (χ0v) is 15.6. The van der Waals surface area contributed by atoms with Gasteiger partial charge in [0.1, 0.15) is 0 Å². The molecule has 2 saturated carbocycles. The monoisotopic (exact) mass is 342 g/mol. The normalized spacial score (nSPS) is 25.8. The molecule has 1 aromatic carbocycles. The van der Waals surface area contributed by atoms with Gasteiger partial charge in [-0.15, -0.1) is 0 Å². The molecule has 2 fully saturated rings. The van der Waals surface area contributed by atoms with Crippen molar-refractivity contribution in [3.63, 3.8) is 0 Å². The summed E-state index contributed by atoms with van der Waals surface area (Å²) in [5, 5.41) is 3.00. The Bertz CT molecular complexity index is 614. The summed E-state index contributed by atoms with van der Waals surface area (Å²) in [4.78, 5) is 26.9. The Balaban J connectivity index is 1.60. The molecule has 2 bridgehead atoms. The third kappa shape index (κ3) is 4.05. The van der Waals surface area contributed by atoms with E-state index in [4.69, 9.17) is 0 Å². The molecule has 2 amide bonds. The van der Waals surface area contributed by atoms with Crippen LogP contribution in [0.3, 0.4) is 0 Å². The van der Waals surface area contributed by atoms with Crippen LogP contribution in [0.5, 0.6) is 0 Å². The fraction of sp³-hybridized carbons (Fsp3) is 0.619. The van der Waals surface area contributed by atoms with E-state index in [0.717, 1.165) is 17.4 Å². The van der Waals surface area contributed by atoms with Crippen LogP contribution in [0, 0.1) is 17.8 Å². The lowest BCUT2D eigenvalue weighted by Crippen LogP contribution is -2.50. The van der Waals surface area contributed by atoms with E-state index in [9.17, 15) is 9.59 Å². The van der Waals surface area contributed by atoms with Crippen molar-refractivity contribution in [3.8, 4) is 0 Å². The second-order valence-electron chi connectivity index (χ2n) is 8.11. The molecule has 0 radical (unpaired) electrons. The molecule has 0 saturated heterocycles. The molecule has 2 aliphatic rings. The van der Waals surface area contributed by atoms with Gasteiger partial charge in [-0.1, -0.05) is 36.8 Å². The average Bonchev–Trinajstić information content (AvgIpc) is 3.23. The molecule has 2 aliphatic carbocycles. The average molecular weight is 342 g/mol. The van der Waals surface area contributed by atoms with Crippen LogP contribution in [0.2, 0.25) is 0 Å². The van der Waals surface area contributed by atoms with E-state index in [0.29, 0.717) is 12.5 Å². The molecule has 4 unspecified atom stereocenters. The van der Waals surface area contributed by atoms with Crippen LogP contribution in [0.25, 0.3) is 0 Å². The number of fused-ring (bicyclic) bond motifs is 2. The summed E-state index contributed by atoms with van der Waals surface area (Å²) < 4.78 is 0. The van der Waals surface area contributed by atoms with Crippen molar-refractivity contribution in [1.29, 1.82) is 0 Å². The van der Waals surface area contributed by atoms with Crippen molar-refractivity contribution < 1.29 is 9.59 Å². The van der Waals surface area contributed by atoms with E-state index < -0.39 is 11.8 Å². The summed E-state index contributed by atoms with van der Waals surface area (Å²) in [6, 6.07) is 9.89. The van der Waals surface area contributed by atoms with Crippen molar-refractivity contribution >= 4 is 11.8 Å². The van der Waals surface area contributed by atoms with E-state index >= 15 is 0 Å². The van der Waals surface area contributed by atoms with Gasteiger partial charge in [-0.25, -0.2) is 0 Å². The molecule has 0 heterocycles. The molecule has 25 heavy (non-hydrogen) atoms. The predicted molar refractivity (Wildman–Crippen MR) is 98.7 cm³/mol. The van der Waals surface area contributed by atoms with Crippen molar-refractivity contribution in [1.82, 2.24) is 10.2 Å². The van der Waals surface area contributed by atoms with Crippen molar-refractivity contribution in [3.05, 3.63) is 35.9 Å². The maximum atomic E-state index is 12.7. The van der Waals surface area contributed by atoms with Gasteiger partial charge < -0.3 is 10.2 Å². The Morgan fingerprint density at radius 3 is 2.40 bits per heavy atom. The summed E-state index contributed by atoms with van der Waals surface area (Å²) in [5.74, 6) is 1.24. The van der Waals surface area contributed by atoms with E-state index in [1.807, 2.05) is 44.2 Å². The molecule has 0 aliphatic heterocycles. The Morgan fingerprint density at radius 1 is 1.12 bits per heavy atom. The van der Waals surface area contributed by atoms with Gasteiger partial charge in [0.2, 0.25) is 0 Å². The summed E-state index contributed by atoms with van der Waals surface area (Å²) in [5.41, 5.74) is 1.04. The molecule has 3 rings (SSSR count). The van der Waals surface area contributed by atoms with E-state index in [-0.39, 0.29) is 12.1 Å². The zero-order valence-electron chi connectivity index (χ0n) is 15.6. The molecule has 1 aromatic rings. The number of hydrogen-bond donors (Lipinski definition) is 1. The molecule has 0 aromatic heterocycles. The molecule has 136 valence electrons. The second-order valence-corrected chi connectivity index (χ2v) is 8.11. The molecular weight excluding hydrogens is 312 g/mol. The maximum absolute atomic E-state index is 12.7. The molecular formula is C21H30N2O2. The minimum Gasteiger partial charge on any atom is -0.345 e. The standard InChI is InChI=1S/C21H30N2O2/c1-14(2)23(13-16-7-5-4-6-8-16)21(25)20(24)22-15(3)19-12-17-9-10-18(19)11-17/h4-8,14-15,17-19H,9-13H2,1-3H3,(H,22,24). The van der Waals surface area contributed by atoms with Crippen LogP contribution in [-0.4, -0.2) is 28.8 Å². The third-order valence-corrected chi connectivity index (χ3v) is 6.07. The fourth-order valence-electron chi connectivity index (χ4n) is 4.68. The lowest BCUT2D eigenvalue weighted by Gasteiger charge is -2.30. The zero-order chi connectivity index (χ0) is 18.0. The molecule has 4 nitrogen and oxygen atoms in total. The lowest BCUT2D eigenvalue weighted by atomic mass is 9.84. The van der Waals surface area contributed by atoms with Gasteiger partial charge in [-0.3, -0.25) is 9.59 Å². The van der Waals surface area contributed by atoms with Crippen LogP contribution in [0.15, 0.2) is 30.3 Å². The van der Waals surface area contributed by atoms with E-state index in [1.54, 1.807) is 4.90 Å². The summed E-state index contributed by atoms with van der Waals surface area (Å²) in [6.45, 7) is 6.43. The second kappa shape index (κ2) is 7.59. The Kier molecular flexibility index (Phi) is 5.45. The largest absolute Gasteiger partial charge is 0.345 e. The number of amides is 2. The Hall–Kier alpha value is -1.84. The van der Waals surface area contributed by atoms with Gasteiger partial charge >= 0.3 is 11.8 Å². The first-order valence-corrected chi connectivity index (χ1v) is 9.61. The van der Waals surface area contributed by atoms with Crippen LogP contribution in [0.4, 0.5) is 0 Å². The predicted octanol–water partition coefficient (Wildman–Crippen LogP) is 3.36. The summed E-state index contributed by atoms with van der Waals surface area (Å²) >= 11 is 0. The smallest absolute Gasteiger partial charge is 0.312 e. The summed E-state index contributed by atoms with van der Waals surface area (Å²) in [6.07, 6.45) is 5.15. The Morgan fingerprint density at radius 2 is 1.84 bits per heavy atom. The number of hydrogen-bond acceptors (Lipinski definition) is 2. The van der Waals surface area contributed by atoms with Gasteiger partial charge in [-0.2, -0.15) is 0 Å². The first-order valence-electron chi connectivity index (χ1n) is 9.61. The number of benzene rings is 1. The SMILES string of the molecule is CC(NC(=O)C(=O)N(Cc1ccccc1)C(C)C)C1CC2CCC1C2. The van der Waals surface area contributed by atoms with Crippen LogP contribution >= 0.6 is 0 Å². The van der Waals surface area contributed by atoms with Gasteiger partial charge in [-0.05, 0) is 63.4 Å². The van der Waals surface area contributed by atoms with Crippen molar-refractivity contribution in [2.24, 2.45) is 17.8 Å². The highest BCUT2D eigenvalue weighted by atomic mass is 16.2. The molecule has 1 N–H and O–H groups in total. The number of carbonyl (C=O) groups excluding carboxylic acids is 2. The topological polar surface area (TPSA) is 49.4 Å². The highest BCUT2D eigenvalue weighted by Crippen LogP contribution is 2.49. The third-order valence-electron chi connectivity index (χ3n) is 6.07. The molecule has 0 spiro atoms. The van der Waals surface area contributed by atoms with Crippen molar-refractivity contribution in [2.75, 3.05) is 0 Å². The molecule has 4 atom stereocenters. The minimum absolute atomic E-state index is 0.0174. The van der Waals surface area contributed by atoms with Crippen molar-refractivity contribution in [2.45, 2.75) is 65.1 Å². The van der Waals surface area contributed by atoms with Crippen LogP contribution in [0.1, 0.15) is 52.0 Å². The highest BCUT2D eigenvalue weighted by Gasteiger charge is 2.42. The van der Waals surface area contributed by atoms with Gasteiger partial charge in [0.25, 0.3) is 0 Å². The van der Waals surface area contributed by atoms with Crippen LogP contribution in [-0.2, 0) is 16.1 Å². The maximum Gasteiger partial charge on any atom is 0.312 e. The summed E-state index contributed by atoms with van der Waals surface area (Å²) in [7, 11) is 0. The number of carbonyl (C=O) groups is 2. The van der Waals surface area contributed by atoms with Gasteiger partial charge in [0.15, 0.2) is 0 Å².